The predicted molar refractivity (Wildman–Crippen MR) is 129 cm³/mol. The fourth-order valence-electron chi connectivity index (χ4n) is 4.54. The van der Waals surface area contributed by atoms with Gasteiger partial charge in [-0.2, -0.15) is 0 Å². The van der Waals surface area contributed by atoms with Crippen LogP contribution in [0.2, 0.25) is 0 Å². The van der Waals surface area contributed by atoms with Crippen molar-refractivity contribution in [1.29, 1.82) is 0 Å². The van der Waals surface area contributed by atoms with Gasteiger partial charge in [0.15, 0.2) is 0 Å². The second-order valence-corrected chi connectivity index (χ2v) is 9.06. The fourth-order valence-corrected chi connectivity index (χ4v) is 4.54. The Balaban J connectivity index is 1.37. The maximum atomic E-state index is 13.1. The van der Waals surface area contributed by atoms with E-state index >= 15 is 0 Å². The van der Waals surface area contributed by atoms with Gasteiger partial charge in [-0.3, -0.25) is 19.4 Å². The Morgan fingerprint density at radius 3 is 2.35 bits per heavy atom. The summed E-state index contributed by atoms with van der Waals surface area (Å²) in [4.78, 5) is 48.5. The van der Waals surface area contributed by atoms with E-state index in [1.54, 1.807) is 24.4 Å². The van der Waals surface area contributed by atoms with Crippen molar-refractivity contribution < 1.29 is 14.4 Å². The van der Waals surface area contributed by atoms with Gasteiger partial charge in [-0.25, -0.2) is 0 Å². The van der Waals surface area contributed by atoms with E-state index in [4.69, 9.17) is 0 Å². The average molecular weight is 463 g/mol. The van der Waals surface area contributed by atoms with E-state index in [-0.39, 0.29) is 23.6 Å². The van der Waals surface area contributed by atoms with Crippen molar-refractivity contribution in [3.8, 4) is 0 Å². The standard InChI is InChI=1S/C25H30N6O3/c32-23(20-2-1-7-27-17-20)28-21-16-19(25(34)30-10-8-26-9-11-30)5-6-22(21)29-12-14-31(15-13-29)24(33)18-3-4-18/h1-2,5-7,16-18,26H,3-4,8-15H2,(H,28,32). The first kappa shape index (κ1) is 22.3. The highest BCUT2D eigenvalue weighted by molar-refractivity contribution is 6.07. The Bertz CT molecular complexity index is 1060. The van der Waals surface area contributed by atoms with Crippen LogP contribution in [0.1, 0.15) is 33.6 Å². The molecule has 0 spiro atoms. The summed E-state index contributed by atoms with van der Waals surface area (Å²) in [5, 5.41) is 6.26. The lowest BCUT2D eigenvalue weighted by atomic mass is 10.1. The van der Waals surface area contributed by atoms with Crippen LogP contribution in [-0.2, 0) is 4.79 Å². The zero-order chi connectivity index (χ0) is 23.5. The lowest BCUT2D eigenvalue weighted by molar-refractivity contribution is -0.132. The van der Waals surface area contributed by atoms with Gasteiger partial charge in [0.2, 0.25) is 5.91 Å². The second kappa shape index (κ2) is 9.80. The largest absolute Gasteiger partial charge is 0.366 e. The number of benzene rings is 1. The summed E-state index contributed by atoms with van der Waals surface area (Å²) in [5.41, 5.74) is 2.45. The van der Waals surface area contributed by atoms with Crippen LogP contribution in [0.3, 0.4) is 0 Å². The number of anilines is 2. The van der Waals surface area contributed by atoms with Crippen molar-refractivity contribution in [2.24, 2.45) is 5.92 Å². The molecule has 3 aliphatic rings. The van der Waals surface area contributed by atoms with Crippen molar-refractivity contribution in [2.75, 3.05) is 62.6 Å². The van der Waals surface area contributed by atoms with E-state index in [1.807, 2.05) is 21.9 Å². The minimum absolute atomic E-state index is 0.0372. The van der Waals surface area contributed by atoms with Gasteiger partial charge < -0.3 is 25.3 Å². The highest BCUT2D eigenvalue weighted by Crippen LogP contribution is 2.33. The van der Waals surface area contributed by atoms with Gasteiger partial charge in [0.05, 0.1) is 16.9 Å². The summed E-state index contributed by atoms with van der Waals surface area (Å²) in [7, 11) is 0. The molecule has 178 valence electrons. The number of hydrogen-bond donors (Lipinski definition) is 2. The van der Waals surface area contributed by atoms with Crippen molar-refractivity contribution in [2.45, 2.75) is 12.8 Å². The van der Waals surface area contributed by atoms with Crippen LogP contribution in [0.5, 0.6) is 0 Å². The van der Waals surface area contributed by atoms with Crippen LogP contribution in [0.4, 0.5) is 11.4 Å². The van der Waals surface area contributed by atoms with E-state index < -0.39 is 0 Å². The maximum Gasteiger partial charge on any atom is 0.257 e. The monoisotopic (exact) mass is 462 g/mol. The number of hydrogen-bond acceptors (Lipinski definition) is 6. The molecule has 0 radical (unpaired) electrons. The molecule has 2 N–H and O–H groups in total. The SMILES string of the molecule is O=C(Nc1cc(C(=O)N2CCNCC2)ccc1N1CCN(C(=O)C2CC2)CC1)c1cccnc1. The number of pyridine rings is 1. The molecule has 2 aromatic rings. The number of aromatic nitrogens is 1. The van der Waals surface area contributed by atoms with Gasteiger partial charge in [0.25, 0.3) is 11.8 Å². The zero-order valence-corrected chi connectivity index (χ0v) is 19.2. The van der Waals surface area contributed by atoms with E-state index in [0.717, 1.165) is 31.6 Å². The minimum atomic E-state index is -0.274. The Morgan fingerprint density at radius 1 is 0.912 bits per heavy atom. The minimum Gasteiger partial charge on any atom is -0.366 e. The third kappa shape index (κ3) is 4.89. The molecule has 1 aromatic heterocycles. The molecule has 0 bridgehead atoms. The van der Waals surface area contributed by atoms with E-state index in [9.17, 15) is 14.4 Å². The van der Waals surface area contributed by atoms with Crippen LogP contribution in [0, 0.1) is 5.92 Å². The molecule has 9 nitrogen and oxygen atoms in total. The predicted octanol–water partition coefficient (Wildman–Crippen LogP) is 1.44. The molecular weight excluding hydrogens is 432 g/mol. The highest BCUT2D eigenvalue weighted by Gasteiger charge is 2.35. The van der Waals surface area contributed by atoms with E-state index in [1.165, 1.54) is 6.20 Å². The van der Waals surface area contributed by atoms with Crippen LogP contribution in [-0.4, -0.2) is 84.9 Å². The second-order valence-electron chi connectivity index (χ2n) is 9.06. The molecule has 0 unspecified atom stereocenters. The molecule has 9 heteroatoms. The molecule has 3 heterocycles. The van der Waals surface area contributed by atoms with Gasteiger partial charge in [0, 0.05) is 76.2 Å². The molecule has 1 saturated carbocycles. The maximum absolute atomic E-state index is 13.1. The number of amides is 3. The summed E-state index contributed by atoms with van der Waals surface area (Å²) in [6, 6.07) is 8.94. The summed E-state index contributed by atoms with van der Waals surface area (Å²) in [6.45, 7) is 5.55. The van der Waals surface area contributed by atoms with Crippen molar-refractivity contribution in [3.63, 3.8) is 0 Å². The van der Waals surface area contributed by atoms with Gasteiger partial charge in [0.1, 0.15) is 0 Å². The molecule has 1 aromatic carbocycles. The quantitative estimate of drug-likeness (QED) is 0.698. The third-order valence-corrected chi connectivity index (χ3v) is 6.68. The van der Waals surface area contributed by atoms with E-state index in [2.05, 4.69) is 20.5 Å². The smallest absolute Gasteiger partial charge is 0.257 e. The van der Waals surface area contributed by atoms with Crippen molar-refractivity contribution in [3.05, 3.63) is 53.9 Å². The molecule has 3 amide bonds. The summed E-state index contributed by atoms with van der Waals surface area (Å²) >= 11 is 0. The molecule has 3 fully saturated rings. The number of piperazine rings is 2. The molecule has 5 rings (SSSR count). The molecule has 1 aliphatic carbocycles. The lowest BCUT2D eigenvalue weighted by Crippen LogP contribution is -2.49. The topological polar surface area (TPSA) is 97.9 Å². The lowest BCUT2D eigenvalue weighted by Gasteiger charge is -2.37. The average Bonchev–Trinajstić information content (AvgIpc) is 3.75. The first-order chi connectivity index (χ1) is 16.6. The van der Waals surface area contributed by atoms with Gasteiger partial charge in [-0.1, -0.05) is 0 Å². The number of nitrogens with one attached hydrogen (secondary N) is 2. The van der Waals surface area contributed by atoms with Gasteiger partial charge in [-0.05, 0) is 43.2 Å². The molecule has 0 atom stereocenters. The first-order valence-electron chi connectivity index (χ1n) is 12.0. The number of carbonyl (C=O) groups is 3. The summed E-state index contributed by atoms with van der Waals surface area (Å²) in [6.07, 6.45) is 5.16. The molecule has 2 aliphatic heterocycles. The fraction of sp³-hybridized carbons (Fsp3) is 0.440. The molecule has 34 heavy (non-hydrogen) atoms. The van der Waals surface area contributed by atoms with Crippen LogP contribution < -0.4 is 15.5 Å². The molecular formula is C25H30N6O3. The Kier molecular flexibility index (Phi) is 6.44. The number of nitrogens with zero attached hydrogens (tertiary/aromatic N) is 4. The Labute approximate surface area is 199 Å². The third-order valence-electron chi connectivity index (χ3n) is 6.68. The number of rotatable bonds is 5. The molecule has 2 saturated heterocycles. The van der Waals surface area contributed by atoms with Crippen molar-refractivity contribution in [1.82, 2.24) is 20.1 Å². The van der Waals surface area contributed by atoms with Gasteiger partial charge >= 0.3 is 0 Å². The van der Waals surface area contributed by atoms with Crippen LogP contribution in [0.25, 0.3) is 0 Å². The Morgan fingerprint density at radius 2 is 1.68 bits per heavy atom. The first-order valence-corrected chi connectivity index (χ1v) is 12.0. The van der Waals surface area contributed by atoms with Crippen LogP contribution in [0.15, 0.2) is 42.7 Å². The van der Waals surface area contributed by atoms with Crippen molar-refractivity contribution >= 4 is 29.1 Å². The van der Waals surface area contributed by atoms with Gasteiger partial charge in [-0.15, -0.1) is 0 Å². The normalized spacial score (nSPS) is 18.5. The summed E-state index contributed by atoms with van der Waals surface area (Å²) < 4.78 is 0. The van der Waals surface area contributed by atoms with E-state index in [0.29, 0.717) is 56.1 Å². The summed E-state index contributed by atoms with van der Waals surface area (Å²) in [5.74, 6) is 0.173. The van der Waals surface area contributed by atoms with Crippen LogP contribution >= 0.6 is 0 Å². The highest BCUT2D eigenvalue weighted by atomic mass is 16.2. The zero-order valence-electron chi connectivity index (χ0n) is 19.2. The Hall–Kier alpha value is -3.46. The number of carbonyl (C=O) groups excluding carboxylic acids is 3.